The average molecular weight is 184 g/mol. The number of hydrogen-bond acceptors (Lipinski definition) is 3. The van der Waals surface area contributed by atoms with E-state index in [1.54, 1.807) is 13.0 Å². The lowest BCUT2D eigenvalue weighted by Gasteiger charge is -2.24. The van der Waals surface area contributed by atoms with Crippen LogP contribution in [-0.2, 0) is 9.53 Å². The summed E-state index contributed by atoms with van der Waals surface area (Å²) in [5.41, 5.74) is 0. The Balaban J connectivity index is 2.56. The molecule has 0 spiro atoms. The zero-order valence-electron chi connectivity index (χ0n) is 8.12. The Kier molecular flexibility index (Phi) is 3.34. The lowest BCUT2D eigenvalue weighted by atomic mass is 9.83. The van der Waals surface area contributed by atoms with E-state index in [9.17, 15) is 9.90 Å². The fourth-order valence-corrected chi connectivity index (χ4v) is 1.63. The van der Waals surface area contributed by atoms with Gasteiger partial charge in [0.15, 0.2) is 0 Å². The molecule has 0 radical (unpaired) electrons. The number of esters is 1. The van der Waals surface area contributed by atoms with E-state index < -0.39 is 0 Å². The molecule has 1 N–H and O–H groups in total. The number of allylic oxidation sites excluding steroid dienone is 2. The van der Waals surface area contributed by atoms with Crippen molar-refractivity contribution in [1.82, 2.24) is 0 Å². The number of rotatable bonds is 2. The molecule has 2 atom stereocenters. The number of aliphatic hydroxyl groups is 1. The molecule has 0 amide bonds. The molecular formula is C10H16O3. The Morgan fingerprint density at radius 1 is 1.77 bits per heavy atom. The van der Waals surface area contributed by atoms with Gasteiger partial charge in [0.2, 0.25) is 0 Å². The summed E-state index contributed by atoms with van der Waals surface area (Å²) in [7, 11) is 0. The fraction of sp³-hybridized carbons (Fsp3) is 0.700. The number of aliphatic hydroxyl groups excluding tert-OH is 1. The molecule has 13 heavy (non-hydrogen) atoms. The van der Waals surface area contributed by atoms with Crippen LogP contribution in [0.4, 0.5) is 0 Å². The minimum Gasteiger partial charge on any atom is -0.513 e. The maximum Gasteiger partial charge on any atom is 0.309 e. The van der Waals surface area contributed by atoms with Crippen molar-refractivity contribution < 1.29 is 14.6 Å². The first kappa shape index (κ1) is 10.1. The maximum absolute atomic E-state index is 11.4. The van der Waals surface area contributed by atoms with Gasteiger partial charge in [0, 0.05) is 6.42 Å². The second-order valence-electron chi connectivity index (χ2n) is 3.47. The van der Waals surface area contributed by atoms with Gasteiger partial charge in [0.25, 0.3) is 0 Å². The van der Waals surface area contributed by atoms with Gasteiger partial charge in [-0.05, 0) is 25.3 Å². The van der Waals surface area contributed by atoms with E-state index in [-0.39, 0.29) is 17.8 Å². The smallest absolute Gasteiger partial charge is 0.309 e. The maximum atomic E-state index is 11.4. The van der Waals surface area contributed by atoms with Crippen LogP contribution in [0.2, 0.25) is 0 Å². The van der Waals surface area contributed by atoms with E-state index in [1.807, 2.05) is 6.92 Å². The van der Waals surface area contributed by atoms with Gasteiger partial charge in [-0.25, -0.2) is 0 Å². The van der Waals surface area contributed by atoms with Gasteiger partial charge < -0.3 is 9.84 Å². The topological polar surface area (TPSA) is 46.5 Å². The molecule has 3 nitrogen and oxygen atoms in total. The van der Waals surface area contributed by atoms with Gasteiger partial charge in [0.05, 0.1) is 18.3 Å². The summed E-state index contributed by atoms with van der Waals surface area (Å²) < 4.78 is 4.94. The van der Waals surface area contributed by atoms with Gasteiger partial charge in [-0.2, -0.15) is 0 Å². The second kappa shape index (κ2) is 4.30. The molecule has 0 aromatic rings. The summed E-state index contributed by atoms with van der Waals surface area (Å²) >= 11 is 0. The van der Waals surface area contributed by atoms with Crippen molar-refractivity contribution in [3.8, 4) is 0 Å². The van der Waals surface area contributed by atoms with Crippen LogP contribution in [0.15, 0.2) is 11.8 Å². The average Bonchev–Trinajstić information content (AvgIpc) is 2.04. The van der Waals surface area contributed by atoms with E-state index in [1.165, 1.54) is 0 Å². The van der Waals surface area contributed by atoms with Crippen LogP contribution in [0, 0.1) is 11.8 Å². The highest BCUT2D eigenvalue weighted by Crippen LogP contribution is 2.28. The summed E-state index contributed by atoms with van der Waals surface area (Å²) in [6.07, 6.45) is 2.90. The molecule has 0 saturated carbocycles. The molecule has 1 aliphatic carbocycles. The van der Waals surface area contributed by atoms with E-state index in [4.69, 9.17) is 4.74 Å². The molecule has 74 valence electrons. The normalized spacial score (nSPS) is 28.0. The van der Waals surface area contributed by atoms with Crippen LogP contribution in [0.25, 0.3) is 0 Å². The highest BCUT2D eigenvalue weighted by atomic mass is 16.5. The summed E-state index contributed by atoms with van der Waals surface area (Å²) in [5, 5.41) is 9.22. The largest absolute Gasteiger partial charge is 0.513 e. The standard InChI is InChI=1S/C10H16O3/c1-3-13-10(12)9-5-4-8(11)6-7(9)2/h4,7,9,11H,3,5-6H2,1-2H3. The van der Waals surface area contributed by atoms with Crippen LogP contribution < -0.4 is 0 Å². The molecule has 2 unspecified atom stereocenters. The summed E-state index contributed by atoms with van der Waals surface area (Å²) in [6.45, 7) is 4.20. The van der Waals surface area contributed by atoms with Crippen LogP contribution in [-0.4, -0.2) is 17.7 Å². The quantitative estimate of drug-likeness (QED) is 0.668. The number of carbonyl (C=O) groups is 1. The number of ether oxygens (including phenoxy) is 1. The van der Waals surface area contributed by atoms with E-state index >= 15 is 0 Å². The Morgan fingerprint density at radius 2 is 2.46 bits per heavy atom. The van der Waals surface area contributed by atoms with Gasteiger partial charge >= 0.3 is 5.97 Å². The van der Waals surface area contributed by atoms with Gasteiger partial charge in [-0.3, -0.25) is 4.79 Å². The molecule has 0 heterocycles. The monoisotopic (exact) mass is 184 g/mol. The second-order valence-corrected chi connectivity index (χ2v) is 3.47. The molecule has 3 heteroatoms. The van der Waals surface area contributed by atoms with Crippen molar-refractivity contribution in [2.75, 3.05) is 6.61 Å². The summed E-state index contributed by atoms with van der Waals surface area (Å²) in [6, 6.07) is 0. The molecule has 0 saturated heterocycles. The fourth-order valence-electron chi connectivity index (χ4n) is 1.63. The van der Waals surface area contributed by atoms with E-state index in [0.29, 0.717) is 25.2 Å². The zero-order valence-corrected chi connectivity index (χ0v) is 8.12. The van der Waals surface area contributed by atoms with Crippen LogP contribution in [0.5, 0.6) is 0 Å². The first-order chi connectivity index (χ1) is 6.15. The van der Waals surface area contributed by atoms with Gasteiger partial charge in [-0.15, -0.1) is 0 Å². The minimum atomic E-state index is -0.140. The van der Waals surface area contributed by atoms with Crippen molar-refractivity contribution >= 4 is 5.97 Å². The van der Waals surface area contributed by atoms with Crippen LogP contribution in [0.3, 0.4) is 0 Å². The number of carbonyl (C=O) groups excluding carboxylic acids is 1. The van der Waals surface area contributed by atoms with Crippen LogP contribution in [0.1, 0.15) is 26.7 Å². The molecular weight excluding hydrogens is 168 g/mol. The molecule has 0 aromatic heterocycles. The third-order valence-electron chi connectivity index (χ3n) is 2.41. The predicted octanol–water partition coefficient (Wildman–Crippen LogP) is 2.04. The van der Waals surface area contributed by atoms with E-state index in [2.05, 4.69) is 0 Å². The first-order valence-corrected chi connectivity index (χ1v) is 4.69. The van der Waals surface area contributed by atoms with Crippen molar-refractivity contribution in [3.05, 3.63) is 11.8 Å². The van der Waals surface area contributed by atoms with Crippen molar-refractivity contribution in [1.29, 1.82) is 0 Å². The lowest BCUT2D eigenvalue weighted by Crippen LogP contribution is -2.26. The summed E-state index contributed by atoms with van der Waals surface area (Å²) in [4.78, 5) is 11.4. The first-order valence-electron chi connectivity index (χ1n) is 4.69. The Labute approximate surface area is 78.4 Å². The summed E-state index contributed by atoms with van der Waals surface area (Å²) in [5.74, 6) is 0.367. The minimum absolute atomic E-state index is 0.0733. The Bertz CT molecular complexity index is 220. The molecule has 0 aromatic carbocycles. The van der Waals surface area contributed by atoms with Gasteiger partial charge in [-0.1, -0.05) is 6.92 Å². The van der Waals surface area contributed by atoms with Gasteiger partial charge in [0.1, 0.15) is 0 Å². The highest BCUT2D eigenvalue weighted by molar-refractivity contribution is 5.73. The Hall–Kier alpha value is -0.990. The third kappa shape index (κ3) is 2.47. The highest BCUT2D eigenvalue weighted by Gasteiger charge is 2.29. The van der Waals surface area contributed by atoms with Crippen molar-refractivity contribution in [2.24, 2.45) is 11.8 Å². The molecule has 0 bridgehead atoms. The third-order valence-corrected chi connectivity index (χ3v) is 2.41. The zero-order chi connectivity index (χ0) is 9.84. The molecule has 0 fully saturated rings. The van der Waals surface area contributed by atoms with Crippen molar-refractivity contribution in [2.45, 2.75) is 26.7 Å². The van der Waals surface area contributed by atoms with Crippen molar-refractivity contribution in [3.63, 3.8) is 0 Å². The number of hydrogen-bond donors (Lipinski definition) is 1. The molecule has 1 aliphatic rings. The van der Waals surface area contributed by atoms with E-state index in [0.717, 1.165) is 0 Å². The lowest BCUT2D eigenvalue weighted by molar-refractivity contribution is -0.150. The SMILES string of the molecule is CCOC(=O)C1CC=C(O)CC1C. The van der Waals surface area contributed by atoms with Crippen LogP contribution >= 0.6 is 0 Å². The Morgan fingerprint density at radius 3 is 3.00 bits per heavy atom. The molecule has 0 aliphatic heterocycles. The predicted molar refractivity (Wildman–Crippen MR) is 49.2 cm³/mol. The molecule has 1 rings (SSSR count).